The summed E-state index contributed by atoms with van der Waals surface area (Å²) in [5.74, 6) is 0. The molecule has 0 radical (unpaired) electrons. The lowest BCUT2D eigenvalue weighted by atomic mass is 10.00. The van der Waals surface area contributed by atoms with Crippen molar-refractivity contribution in [1.29, 1.82) is 0 Å². The summed E-state index contributed by atoms with van der Waals surface area (Å²) in [7, 11) is 3.78. The van der Waals surface area contributed by atoms with Gasteiger partial charge in [-0.05, 0) is 32.7 Å². The van der Waals surface area contributed by atoms with Crippen molar-refractivity contribution >= 4 is 6.21 Å². The Labute approximate surface area is 85.0 Å². The lowest BCUT2D eigenvalue weighted by molar-refractivity contribution is 0.569. The van der Waals surface area contributed by atoms with Crippen molar-refractivity contribution in [1.82, 2.24) is 10.6 Å². The molecule has 0 aliphatic carbocycles. The van der Waals surface area contributed by atoms with E-state index >= 15 is 0 Å². The van der Waals surface area contributed by atoms with Crippen molar-refractivity contribution in [2.24, 2.45) is 10.7 Å². The molecule has 0 spiro atoms. The van der Waals surface area contributed by atoms with E-state index in [0.29, 0.717) is 0 Å². The van der Waals surface area contributed by atoms with Crippen LogP contribution in [-0.2, 0) is 0 Å². The largest absolute Gasteiger partial charge is 0.319 e. The Morgan fingerprint density at radius 1 is 1.43 bits per heavy atom. The Kier molecular flexibility index (Phi) is 3.57. The molecule has 1 rings (SSSR count). The Morgan fingerprint density at radius 2 is 2.07 bits per heavy atom. The average Bonchev–Trinajstić information content (AvgIpc) is 2.29. The molecule has 14 heavy (non-hydrogen) atoms. The Morgan fingerprint density at radius 3 is 2.64 bits per heavy atom. The van der Waals surface area contributed by atoms with Gasteiger partial charge in [-0.3, -0.25) is 4.99 Å². The van der Waals surface area contributed by atoms with Crippen LogP contribution in [0, 0.1) is 0 Å². The molecular formula is C10H18N4. The van der Waals surface area contributed by atoms with E-state index in [2.05, 4.69) is 15.6 Å². The smallest absolute Gasteiger partial charge is 0.0843 e. The number of hydrogen-bond donors (Lipinski definition) is 3. The maximum Gasteiger partial charge on any atom is 0.0843 e. The highest BCUT2D eigenvalue weighted by atomic mass is 15.1. The van der Waals surface area contributed by atoms with Crippen LogP contribution in [0.25, 0.3) is 0 Å². The van der Waals surface area contributed by atoms with E-state index < -0.39 is 5.54 Å². The molecule has 0 aromatic rings. The number of nitrogens with two attached hydrogens (primary N) is 1. The summed E-state index contributed by atoms with van der Waals surface area (Å²) in [5, 5.41) is 6.27. The molecule has 0 fully saturated rings. The first-order valence-corrected chi connectivity index (χ1v) is 4.66. The SMILES string of the molecule is CNC(NC)C1=CC(C)(N)C=CN=C1. The van der Waals surface area contributed by atoms with Crippen LogP contribution in [0.5, 0.6) is 0 Å². The number of rotatable bonds is 3. The number of likely N-dealkylation sites (N-methyl/N-ethyl adjacent to an activating group) is 2. The first kappa shape index (κ1) is 11.1. The van der Waals surface area contributed by atoms with E-state index in [-0.39, 0.29) is 6.17 Å². The molecule has 4 N–H and O–H groups in total. The first-order valence-electron chi connectivity index (χ1n) is 4.66. The second kappa shape index (κ2) is 4.50. The summed E-state index contributed by atoms with van der Waals surface area (Å²) < 4.78 is 0. The van der Waals surface area contributed by atoms with Crippen molar-refractivity contribution in [3.63, 3.8) is 0 Å². The van der Waals surface area contributed by atoms with E-state index in [4.69, 9.17) is 5.73 Å². The van der Waals surface area contributed by atoms with Crippen molar-refractivity contribution in [3.05, 3.63) is 23.9 Å². The summed E-state index contributed by atoms with van der Waals surface area (Å²) in [5.41, 5.74) is 6.63. The van der Waals surface area contributed by atoms with Crippen molar-refractivity contribution in [2.75, 3.05) is 14.1 Å². The van der Waals surface area contributed by atoms with Crippen LogP contribution in [0.1, 0.15) is 6.92 Å². The van der Waals surface area contributed by atoms with E-state index in [9.17, 15) is 0 Å². The molecule has 0 amide bonds. The highest BCUT2D eigenvalue weighted by molar-refractivity contribution is 5.81. The molecule has 0 aromatic carbocycles. The lowest BCUT2D eigenvalue weighted by Gasteiger charge is -2.20. The van der Waals surface area contributed by atoms with Gasteiger partial charge in [-0.15, -0.1) is 0 Å². The van der Waals surface area contributed by atoms with Gasteiger partial charge in [0.05, 0.1) is 11.7 Å². The van der Waals surface area contributed by atoms with Crippen LogP contribution in [0.15, 0.2) is 28.9 Å². The van der Waals surface area contributed by atoms with Crippen LogP contribution in [0.2, 0.25) is 0 Å². The zero-order valence-electron chi connectivity index (χ0n) is 8.91. The lowest BCUT2D eigenvalue weighted by Crippen LogP contribution is -2.41. The Hall–Kier alpha value is -0.970. The molecular weight excluding hydrogens is 176 g/mol. The van der Waals surface area contributed by atoms with Crippen molar-refractivity contribution in [2.45, 2.75) is 18.6 Å². The van der Waals surface area contributed by atoms with E-state index in [1.54, 1.807) is 6.20 Å². The maximum atomic E-state index is 6.02. The molecule has 0 bridgehead atoms. The van der Waals surface area contributed by atoms with Gasteiger partial charge < -0.3 is 16.4 Å². The minimum Gasteiger partial charge on any atom is -0.319 e. The van der Waals surface area contributed by atoms with Gasteiger partial charge >= 0.3 is 0 Å². The normalized spacial score (nSPS) is 26.5. The fraction of sp³-hybridized carbons (Fsp3) is 0.500. The van der Waals surface area contributed by atoms with Gasteiger partial charge in [0.25, 0.3) is 0 Å². The minimum atomic E-state index is -0.433. The second-order valence-electron chi connectivity index (χ2n) is 3.61. The summed E-state index contributed by atoms with van der Waals surface area (Å²) >= 11 is 0. The number of nitrogens with one attached hydrogen (secondary N) is 2. The molecule has 1 aliphatic rings. The molecule has 1 aliphatic heterocycles. The number of hydrogen-bond acceptors (Lipinski definition) is 4. The van der Waals surface area contributed by atoms with Gasteiger partial charge in [-0.2, -0.15) is 0 Å². The summed E-state index contributed by atoms with van der Waals surface area (Å²) in [4.78, 5) is 4.13. The van der Waals surface area contributed by atoms with Gasteiger partial charge in [0.15, 0.2) is 0 Å². The van der Waals surface area contributed by atoms with Crippen molar-refractivity contribution < 1.29 is 0 Å². The van der Waals surface area contributed by atoms with Gasteiger partial charge in [-0.25, -0.2) is 0 Å². The third kappa shape index (κ3) is 2.77. The van der Waals surface area contributed by atoms with Crippen molar-refractivity contribution in [3.8, 4) is 0 Å². The predicted molar refractivity (Wildman–Crippen MR) is 60.2 cm³/mol. The van der Waals surface area contributed by atoms with Gasteiger partial charge in [-0.1, -0.05) is 6.08 Å². The molecule has 0 saturated heterocycles. The molecule has 1 heterocycles. The number of nitrogens with zero attached hydrogens (tertiary/aromatic N) is 1. The first-order chi connectivity index (χ1) is 6.59. The number of aliphatic imine (C=N–C) groups is 1. The topological polar surface area (TPSA) is 62.4 Å². The van der Waals surface area contributed by atoms with Crippen LogP contribution < -0.4 is 16.4 Å². The Balaban J connectivity index is 2.92. The van der Waals surface area contributed by atoms with Crippen LogP contribution in [-0.4, -0.2) is 32.0 Å². The summed E-state index contributed by atoms with van der Waals surface area (Å²) in [6.45, 7) is 1.94. The molecule has 78 valence electrons. The third-order valence-corrected chi connectivity index (χ3v) is 2.13. The fourth-order valence-corrected chi connectivity index (χ4v) is 1.41. The second-order valence-corrected chi connectivity index (χ2v) is 3.61. The van der Waals surface area contributed by atoms with E-state index in [1.165, 1.54) is 0 Å². The molecule has 1 unspecified atom stereocenters. The average molecular weight is 194 g/mol. The molecule has 0 saturated carbocycles. The highest BCUT2D eigenvalue weighted by Gasteiger charge is 2.17. The van der Waals surface area contributed by atoms with Gasteiger partial charge in [0.1, 0.15) is 0 Å². The van der Waals surface area contributed by atoms with Crippen LogP contribution >= 0.6 is 0 Å². The van der Waals surface area contributed by atoms with Crippen LogP contribution in [0.4, 0.5) is 0 Å². The van der Waals surface area contributed by atoms with E-state index in [1.807, 2.05) is 39.4 Å². The quantitative estimate of drug-likeness (QED) is 0.554. The van der Waals surface area contributed by atoms with Gasteiger partial charge in [0, 0.05) is 12.4 Å². The molecule has 1 atom stereocenters. The van der Waals surface area contributed by atoms with Gasteiger partial charge in [0.2, 0.25) is 0 Å². The molecule has 4 nitrogen and oxygen atoms in total. The summed E-state index contributed by atoms with van der Waals surface area (Å²) in [6, 6.07) is 0. The zero-order valence-corrected chi connectivity index (χ0v) is 8.91. The molecule has 0 aromatic heterocycles. The van der Waals surface area contributed by atoms with E-state index in [0.717, 1.165) is 5.57 Å². The molecule has 4 heteroatoms. The van der Waals surface area contributed by atoms with Crippen LogP contribution in [0.3, 0.4) is 0 Å². The fourth-order valence-electron chi connectivity index (χ4n) is 1.41. The minimum absolute atomic E-state index is 0.0847. The third-order valence-electron chi connectivity index (χ3n) is 2.13. The highest BCUT2D eigenvalue weighted by Crippen LogP contribution is 2.11. The zero-order chi connectivity index (χ0) is 10.6. The Bertz CT molecular complexity index is 272. The summed E-state index contributed by atoms with van der Waals surface area (Å²) in [6.07, 6.45) is 7.50. The maximum absolute atomic E-state index is 6.02. The monoisotopic (exact) mass is 194 g/mol. The predicted octanol–water partition coefficient (Wildman–Crippen LogP) is -0.00680. The standard InChI is InChI=1S/C10H18N4/c1-10(11)4-5-14-7-8(6-10)9(12-2)13-3/h4-7,9,12-13H,11H2,1-3H3.